The fourth-order valence-electron chi connectivity index (χ4n) is 2.33. The van der Waals surface area contributed by atoms with Crippen LogP contribution in [0.3, 0.4) is 0 Å². The number of fused-ring (bicyclic) bond motifs is 1. The van der Waals surface area contributed by atoms with Gasteiger partial charge in [-0.05, 0) is 37.8 Å². The van der Waals surface area contributed by atoms with Gasteiger partial charge in [0, 0.05) is 12.7 Å². The Kier molecular flexibility index (Phi) is 1.52. The molecular formula is C11H15N3. The molecule has 1 spiro atoms. The Morgan fingerprint density at radius 3 is 3.00 bits per heavy atom. The summed E-state index contributed by atoms with van der Waals surface area (Å²) in [6.45, 7) is 3.17. The first-order valence-corrected chi connectivity index (χ1v) is 5.27. The van der Waals surface area contributed by atoms with Gasteiger partial charge in [0.1, 0.15) is 5.82 Å². The lowest BCUT2D eigenvalue weighted by Gasteiger charge is -2.46. The quantitative estimate of drug-likeness (QED) is 0.656. The highest BCUT2D eigenvalue weighted by Crippen LogP contribution is 2.40. The van der Waals surface area contributed by atoms with Gasteiger partial charge in [-0.15, -0.1) is 0 Å². The number of pyridine rings is 1. The Hall–Kier alpha value is -1.25. The molecule has 3 rings (SSSR count). The van der Waals surface area contributed by atoms with Gasteiger partial charge >= 0.3 is 0 Å². The van der Waals surface area contributed by atoms with Crippen LogP contribution >= 0.6 is 0 Å². The Morgan fingerprint density at radius 2 is 2.29 bits per heavy atom. The van der Waals surface area contributed by atoms with Crippen molar-refractivity contribution in [1.82, 2.24) is 4.98 Å². The highest BCUT2D eigenvalue weighted by Gasteiger charge is 2.40. The number of rotatable bonds is 0. The van der Waals surface area contributed by atoms with Gasteiger partial charge in [-0.25, -0.2) is 4.98 Å². The van der Waals surface area contributed by atoms with Crippen LogP contribution < -0.4 is 10.6 Å². The van der Waals surface area contributed by atoms with E-state index in [-0.39, 0.29) is 0 Å². The highest BCUT2D eigenvalue weighted by atomic mass is 15.2. The van der Waals surface area contributed by atoms with Gasteiger partial charge < -0.3 is 10.6 Å². The smallest absolute Gasteiger partial charge is 0.150 e. The zero-order chi connectivity index (χ0) is 9.60. The van der Waals surface area contributed by atoms with Crippen LogP contribution in [0.15, 0.2) is 12.3 Å². The van der Waals surface area contributed by atoms with E-state index in [1.54, 1.807) is 0 Å². The first-order chi connectivity index (χ1) is 6.79. The standard InChI is InChI=1S/C11H15N3/c1-8-3-6-12-10-9(8)13-7-11(14-10)4-2-5-11/h3,6,13H,2,4-5,7H2,1H3,(H,12,14). The zero-order valence-electron chi connectivity index (χ0n) is 8.43. The van der Waals surface area contributed by atoms with E-state index in [4.69, 9.17) is 0 Å². The molecule has 1 aliphatic heterocycles. The third-order valence-corrected chi connectivity index (χ3v) is 3.46. The van der Waals surface area contributed by atoms with Crippen LogP contribution in [-0.4, -0.2) is 17.1 Å². The normalized spacial score (nSPS) is 21.8. The molecule has 0 saturated heterocycles. The first kappa shape index (κ1) is 8.09. The lowest BCUT2D eigenvalue weighted by Crippen LogP contribution is -2.53. The molecule has 0 unspecified atom stereocenters. The number of hydrogen-bond acceptors (Lipinski definition) is 3. The molecule has 0 aromatic carbocycles. The molecule has 1 saturated carbocycles. The predicted molar refractivity (Wildman–Crippen MR) is 57.7 cm³/mol. The van der Waals surface area contributed by atoms with Gasteiger partial charge in [-0.3, -0.25) is 0 Å². The fourth-order valence-corrected chi connectivity index (χ4v) is 2.33. The summed E-state index contributed by atoms with van der Waals surface area (Å²) in [5.74, 6) is 1.04. The van der Waals surface area contributed by atoms with E-state index in [0.29, 0.717) is 5.54 Å². The number of anilines is 2. The second kappa shape index (κ2) is 2.62. The van der Waals surface area contributed by atoms with Crippen molar-refractivity contribution in [2.24, 2.45) is 0 Å². The van der Waals surface area contributed by atoms with Gasteiger partial charge in [-0.1, -0.05) is 0 Å². The maximum atomic E-state index is 4.38. The minimum absolute atomic E-state index is 0.313. The summed E-state index contributed by atoms with van der Waals surface area (Å²) >= 11 is 0. The maximum Gasteiger partial charge on any atom is 0.150 e. The summed E-state index contributed by atoms with van der Waals surface area (Å²) < 4.78 is 0. The number of nitrogens with zero attached hydrogens (tertiary/aromatic N) is 1. The summed E-state index contributed by atoms with van der Waals surface area (Å²) in [5, 5.41) is 7.08. The van der Waals surface area contributed by atoms with Gasteiger partial charge in [0.05, 0.1) is 11.2 Å². The molecule has 0 bridgehead atoms. The summed E-state index contributed by atoms with van der Waals surface area (Å²) in [5.41, 5.74) is 2.77. The molecule has 0 amide bonds. The molecule has 1 aromatic heterocycles. The van der Waals surface area contributed by atoms with Crippen LogP contribution in [-0.2, 0) is 0 Å². The van der Waals surface area contributed by atoms with Gasteiger partial charge in [0.25, 0.3) is 0 Å². The number of hydrogen-bond donors (Lipinski definition) is 2. The average molecular weight is 189 g/mol. The van der Waals surface area contributed by atoms with Gasteiger partial charge in [-0.2, -0.15) is 0 Å². The second-order valence-corrected chi connectivity index (χ2v) is 4.46. The van der Waals surface area contributed by atoms with Crippen molar-refractivity contribution < 1.29 is 0 Å². The average Bonchev–Trinajstić information content (AvgIpc) is 2.15. The molecule has 0 atom stereocenters. The van der Waals surface area contributed by atoms with Gasteiger partial charge in [0.15, 0.2) is 0 Å². The second-order valence-electron chi connectivity index (χ2n) is 4.46. The third-order valence-electron chi connectivity index (χ3n) is 3.46. The maximum absolute atomic E-state index is 4.38. The van der Waals surface area contributed by atoms with E-state index in [0.717, 1.165) is 12.4 Å². The third kappa shape index (κ3) is 1.01. The van der Waals surface area contributed by atoms with E-state index in [2.05, 4.69) is 22.5 Å². The van der Waals surface area contributed by atoms with Crippen molar-refractivity contribution in [2.45, 2.75) is 31.7 Å². The van der Waals surface area contributed by atoms with E-state index < -0.39 is 0 Å². The molecule has 1 aliphatic carbocycles. The van der Waals surface area contributed by atoms with E-state index >= 15 is 0 Å². The molecule has 2 N–H and O–H groups in total. The van der Waals surface area contributed by atoms with Crippen LogP contribution in [0.2, 0.25) is 0 Å². The molecule has 3 nitrogen and oxygen atoms in total. The Balaban J connectivity index is 1.98. The molecule has 2 aliphatic rings. The monoisotopic (exact) mass is 189 g/mol. The van der Waals surface area contributed by atoms with Crippen molar-refractivity contribution in [2.75, 3.05) is 17.2 Å². The molecule has 14 heavy (non-hydrogen) atoms. The molecular weight excluding hydrogens is 174 g/mol. The van der Waals surface area contributed by atoms with Crippen LogP contribution in [0, 0.1) is 6.92 Å². The molecule has 74 valence electrons. The summed E-state index contributed by atoms with van der Waals surface area (Å²) in [6.07, 6.45) is 5.76. The highest BCUT2D eigenvalue weighted by molar-refractivity contribution is 5.71. The van der Waals surface area contributed by atoms with Crippen LogP contribution in [0.5, 0.6) is 0 Å². The summed E-state index contributed by atoms with van der Waals surface area (Å²) in [7, 11) is 0. The minimum Gasteiger partial charge on any atom is -0.379 e. The minimum atomic E-state index is 0.313. The summed E-state index contributed by atoms with van der Waals surface area (Å²) in [6, 6.07) is 2.05. The van der Waals surface area contributed by atoms with Crippen molar-refractivity contribution in [1.29, 1.82) is 0 Å². The zero-order valence-corrected chi connectivity index (χ0v) is 8.43. The van der Waals surface area contributed by atoms with Crippen molar-refractivity contribution in [3.63, 3.8) is 0 Å². The summed E-state index contributed by atoms with van der Waals surface area (Å²) in [4.78, 5) is 4.38. The van der Waals surface area contributed by atoms with Crippen molar-refractivity contribution in [3.05, 3.63) is 17.8 Å². The molecule has 1 fully saturated rings. The predicted octanol–water partition coefficient (Wildman–Crippen LogP) is 2.15. The molecule has 1 aromatic rings. The Bertz CT molecular complexity index is 369. The Morgan fingerprint density at radius 1 is 1.43 bits per heavy atom. The van der Waals surface area contributed by atoms with E-state index in [9.17, 15) is 0 Å². The molecule has 3 heteroatoms. The van der Waals surface area contributed by atoms with Crippen LogP contribution in [0.4, 0.5) is 11.5 Å². The fraction of sp³-hybridized carbons (Fsp3) is 0.545. The topological polar surface area (TPSA) is 37.0 Å². The largest absolute Gasteiger partial charge is 0.379 e. The number of aryl methyl sites for hydroxylation is 1. The lowest BCUT2D eigenvalue weighted by atomic mass is 9.75. The lowest BCUT2D eigenvalue weighted by molar-refractivity contribution is 0.290. The van der Waals surface area contributed by atoms with Crippen molar-refractivity contribution in [3.8, 4) is 0 Å². The van der Waals surface area contributed by atoms with E-state index in [1.165, 1.54) is 30.5 Å². The van der Waals surface area contributed by atoms with Crippen LogP contribution in [0.25, 0.3) is 0 Å². The van der Waals surface area contributed by atoms with E-state index in [1.807, 2.05) is 12.3 Å². The first-order valence-electron chi connectivity index (χ1n) is 5.27. The molecule has 2 heterocycles. The SMILES string of the molecule is Cc1ccnc2c1NCC1(CCC1)N2. The van der Waals surface area contributed by atoms with Gasteiger partial charge in [0.2, 0.25) is 0 Å². The Labute approximate surface area is 83.9 Å². The number of aromatic nitrogens is 1. The molecule has 0 radical (unpaired) electrons. The number of nitrogens with one attached hydrogen (secondary N) is 2. The van der Waals surface area contributed by atoms with Crippen LogP contribution in [0.1, 0.15) is 24.8 Å². The van der Waals surface area contributed by atoms with Crippen molar-refractivity contribution >= 4 is 11.5 Å².